The minimum Gasteiger partial charge on any atom is -0.550 e. The van der Waals surface area contributed by atoms with E-state index in [0.717, 1.165) is 16.9 Å². The Morgan fingerprint density at radius 1 is 1.20 bits per heavy atom. The molecule has 0 aliphatic carbocycles. The van der Waals surface area contributed by atoms with E-state index in [1.54, 1.807) is 12.1 Å². The van der Waals surface area contributed by atoms with Crippen LogP contribution in [-0.2, 0) is 14.8 Å². The number of benzene rings is 1. The van der Waals surface area contributed by atoms with Crippen molar-refractivity contribution in [3.05, 3.63) is 29.8 Å². The molecule has 0 saturated carbocycles. The molecule has 1 aliphatic heterocycles. The number of nitrogens with zero attached hydrogens (tertiary/aromatic N) is 1. The second-order valence-corrected chi connectivity index (χ2v) is 8.86. The predicted octanol–water partition coefficient (Wildman–Crippen LogP) is -0.382. The highest BCUT2D eigenvalue weighted by atomic mass is 32.2. The molecule has 0 spiro atoms. The van der Waals surface area contributed by atoms with E-state index in [4.69, 9.17) is 0 Å². The van der Waals surface area contributed by atoms with Gasteiger partial charge in [0.05, 0.1) is 37.1 Å². The largest absolute Gasteiger partial charge is 0.550 e. The van der Waals surface area contributed by atoms with Crippen molar-refractivity contribution in [1.82, 2.24) is 4.31 Å². The lowest BCUT2D eigenvalue weighted by Gasteiger charge is -2.35. The Labute approximate surface area is 150 Å². The molecule has 25 heavy (non-hydrogen) atoms. The van der Waals surface area contributed by atoms with Crippen molar-refractivity contribution in [2.24, 2.45) is 0 Å². The van der Waals surface area contributed by atoms with Crippen molar-refractivity contribution in [1.29, 1.82) is 0 Å². The average Bonchev–Trinajstić information content (AvgIpc) is 2.60. The second-order valence-electron chi connectivity index (χ2n) is 6.92. The minimum atomic E-state index is -3.49. The molecule has 1 aromatic rings. The van der Waals surface area contributed by atoms with Crippen molar-refractivity contribution < 1.29 is 23.2 Å². The fourth-order valence-electron chi connectivity index (χ4n) is 3.25. The zero-order chi connectivity index (χ0) is 18.6. The Bertz CT molecular complexity index is 680. The summed E-state index contributed by atoms with van der Waals surface area (Å²) in [5.74, 6) is -0.648. The van der Waals surface area contributed by atoms with Crippen LogP contribution in [0.5, 0.6) is 0 Å². The van der Waals surface area contributed by atoms with Gasteiger partial charge < -0.3 is 14.8 Å². The number of hydrogen-bond acceptors (Lipinski definition) is 4. The monoisotopic (exact) mass is 368 g/mol. The predicted molar refractivity (Wildman–Crippen MR) is 93.7 cm³/mol. The van der Waals surface area contributed by atoms with Crippen molar-refractivity contribution in [2.75, 3.05) is 26.2 Å². The summed E-state index contributed by atoms with van der Waals surface area (Å²) in [5.41, 5.74) is 1.15. The first-order valence-electron chi connectivity index (χ1n) is 8.90. The lowest BCUT2D eigenvalue weighted by atomic mass is 9.99. The molecule has 0 aromatic heterocycles. The SMILES string of the molecule is CC[C@@H](C)c1ccc(S(=O)(=O)N2CC[NH+]([C@H](C)CC(=O)[O-])CC2)cc1. The summed E-state index contributed by atoms with van der Waals surface area (Å²) in [6, 6.07) is 7.10. The quantitative estimate of drug-likeness (QED) is 0.711. The Morgan fingerprint density at radius 3 is 2.24 bits per heavy atom. The number of piperazine rings is 1. The molecule has 0 amide bonds. The number of aliphatic carboxylic acids is 1. The van der Waals surface area contributed by atoms with Gasteiger partial charge in [0.25, 0.3) is 0 Å². The molecule has 1 fully saturated rings. The van der Waals surface area contributed by atoms with Crippen LogP contribution in [0.2, 0.25) is 0 Å². The molecule has 0 bridgehead atoms. The van der Waals surface area contributed by atoms with E-state index in [1.807, 2.05) is 19.1 Å². The van der Waals surface area contributed by atoms with Crippen LogP contribution in [0.15, 0.2) is 29.2 Å². The zero-order valence-electron chi connectivity index (χ0n) is 15.2. The lowest BCUT2D eigenvalue weighted by Crippen LogP contribution is -3.18. The van der Waals surface area contributed by atoms with Crippen molar-refractivity contribution in [3.8, 4) is 0 Å². The number of rotatable bonds is 7. The van der Waals surface area contributed by atoms with Crippen LogP contribution < -0.4 is 10.0 Å². The molecule has 1 aliphatic rings. The first-order chi connectivity index (χ1) is 11.8. The van der Waals surface area contributed by atoms with E-state index in [-0.39, 0.29) is 12.5 Å². The van der Waals surface area contributed by atoms with Gasteiger partial charge >= 0.3 is 0 Å². The molecular weight excluding hydrogens is 340 g/mol. The maximum absolute atomic E-state index is 12.8. The molecule has 0 radical (unpaired) electrons. The molecule has 6 nitrogen and oxygen atoms in total. The Morgan fingerprint density at radius 2 is 1.76 bits per heavy atom. The Hall–Kier alpha value is -1.44. The normalized spacial score (nSPS) is 19.5. The summed E-state index contributed by atoms with van der Waals surface area (Å²) < 4.78 is 27.1. The van der Waals surface area contributed by atoms with Gasteiger partial charge in [0.2, 0.25) is 10.0 Å². The van der Waals surface area contributed by atoms with E-state index >= 15 is 0 Å². The van der Waals surface area contributed by atoms with Crippen molar-refractivity contribution >= 4 is 16.0 Å². The van der Waals surface area contributed by atoms with Gasteiger partial charge in [0, 0.05) is 12.4 Å². The number of carbonyl (C=O) groups is 1. The van der Waals surface area contributed by atoms with Gasteiger partial charge in [-0.05, 0) is 37.0 Å². The fourth-order valence-corrected chi connectivity index (χ4v) is 4.70. The Balaban J connectivity index is 2.03. The van der Waals surface area contributed by atoms with Gasteiger partial charge in [0.15, 0.2) is 0 Å². The van der Waals surface area contributed by atoms with E-state index in [2.05, 4.69) is 13.8 Å². The fraction of sp³-hybridized carbons (Fsp3) is 0.611. The molecule has 1 aromatic carbocycles. The third-order valence-corrected chi connectivity index (χ3v) is 7.15. The molecule has 7 heteroatoms. The number of carbonyl (C=O) groups excluding carboxylic acids is 1. The van der Waals surface area contributed by atoms with Crippen LogP contribution in [0.25, 0.3) is 0 Å². The number of quaternary nitrogens is 1. The van der Waals surface area contributed by atoms with E-state index in [1.165, 1.54) is 4.31 Å². The van der Waals surface area contributed by atoms with Crippen LogP contribution >= 0.6 is 0 Å². The first kappa shape index (κ1) is 19.9. The van der Waals surface area contributed by atoms with Crippen LogP contribution in [0, 0.1) is 0 Å². The second kappa shape index (κ2) is 8.29. The molecule has 1 heterocycles. The highest BCUT2D eigenvalue weighted by Gasteiger charge is 2.32. The van der Waals surface area contributed by atoms with Gasteiger partial charge in [-0.25, -0.2) is 8.42 Å². The summed E-state index contributed by atoms with van der Waals surface area (Å²) in [6.45, 7) is 8.13. The maximum Gasteiger partial charge on any atom is 0.243 e. The molecule has 0 unspecified atom stereocenters. The summed E-state index contributed by atoms with van der Waals surface area (Å²) in [6.07, 6.45) is 1.01. The van der Waals surface area contributed by atoms with Gasteiger partial charge in [0.1, 0.15) is 0 Å². The lowest BCUT2D eigenvalue weighted by molar-refractivity contribution is -0.926. The van der Waals surface area contributed by atoms with Gasteiger partial charge in [-0.2, -0.15) is 4.31 Å². The number of sulfonamides is 1. The molecule has 1 saturated heterocycles. The third-order valence-electron chi connectivity index (χ3n) is 5.23. The number of carboxylic acids is 1. The highest BCUT2D eigenvalue weighted by Crippen LogP contribution is 2.22. The Kier molecular flexibility index (Phi) is 6.59. The number of carboxylic acid groups (broad SMARTS) is 1. The highest BCUT2D eigenvalue weighted by molar-refractivity contribution is 7.89. The molecule has 1 N–H and O–H groups in total. The van der Waals surface area contributed by atoms with E-state index < -0.39 is 16.0 Å². The van der Waals surface area contributed by atoms with Gasteiger partial charge in [-0.1, -0.05) is 26.0 Å². The summed E-state index contributed by atoms with van der Waals surface area (Å²) >= 11 is 0. The molecule has 2 atom stereocenters. The van der Waals surface area contributed by atoms with Crippen LogP contribution in [0.1, 0.15) is 45.1 Å². The minimum absolute atomic E-state index is 0.000835. The molecule has 140 valence electrons. The van der Waals surface area contributed by atoms with Crippen LogP contribution in [-0.4, -0.2) is 50.9 Å². The number of nitrogens with one attached hydrogen (secondary N) is 1. The van der Waals surface area contributed by atoms with E-state index in [0.29, 0.717) is 37.0 Å². The summed E-state index contributed by atoms with van der Waals surface area (Å²) in [4.78, 5) is 12.2. The topological polar surface area (TPSA) is 82.0 Å². The summed E-state index contributed by atoms with van der Waals surface area (Å²) in [7, 11) is -3.49. The van der Waals surface area contributed by atoms with Crippen LogP contribution in [0.3, 0.4) is 0 Å². The zero-order valence-corrected chi connectivity index (χ0v) is 16.0. The standard InChI is InChI=1S/C18H28N2O4S/c1-4-14(2)16-5-7-17(8-6-16)25(23,24)20-11-9-19(10-12-20)15(3)13-18(21)22/h5-8,14-15H,4,9-13H2,1-3H3,(H,21,22)/t14-,15-/m1/s1. The smallest absolute Gasteiger partial charge is 0.243 e. The third kappa shape index (κ3) is 4.80. The number of hydrogen-bond donors (Lipinski definition) is 1. The molecular formula is C18H28N2O4S. The molecule has 2 rings (SSSR count). The maximum atomic E-state index is 12.8. The van der Waals surface area contributed by atoms with Crippen LogP contribution in [0.4, 0.5) is 0 Å². The van der Waals surface area contributed by atoms with Gasteiger partial charge in [-0.3, -0.25) is 0 Å². The van der Waals surface area contributed by atoms with Crippen molar-refractivity contribution in [2.45, 2.75) is 50.5 Å². The first-order valence-corrected chi connectivity index (χ1v) is 10.3. The van der Waals surface area contributed by atoms with E-state index in [9.17, 15) is 18.3 Å². The van der Waals surface area contributed by atoms with Crippen molar-refractivity contribution in [3.63, 3.8) is 0 Å². The average molecular weight is 368 g/mol. The summed E-state index contributed by atoms with van der Waals surface area (Å²) in [5, 5.41) is 10.7. The van der Waals surface area contributed by atoms with Gasteiger partial charge in [-0.15, -0.1) is 0 Å².